The van der Waals surface area contributed by atoms with Crippen molar-refractivity contribution in [3.8, 4) is 0 Å². The van der Waals surface area contributed by atoms with Crippen molar-refractivity contribution in [2.24, 2.45) is 0 Å². The van der Waals surface area contributed by atoms with Gasteiger partial charge in [0.25, 0.3) is 0 Å². The molecule has 0 radical (unpaired) electrons. The summed E-state index contributed by atoms with van der Waals surface area (Å²) in [6, 6.07) is 0. The number of halogens is 5. The molecule has 0 amide bonds. The van der Waals surface area contributed by atoms with E-state index in [1.54, 1.807) is 0 Å². The van der Waals surface area contributed by atoms with Crippen LogP contribution in [0, 0.1) is 0 Å². The summed E-state index contributed by atoms with van der Waals surface area (Å²) < 4.78 is 63.0. The van der Waals surface area contributed by atoms with Crippen molar-refractivity contribution >= 4 is 0 Å². The maximum absolute atomic E-state index is 12.2. The largest absolute Gasteiger partial charge is 0.420 e. The Morgan fingerprint density at radius 3 is 1.82 bits per heavy atom. The fraction of sp³-hybridized carbons (Fsp3) is 1.00. The van der Waals surface area contributed by atoms with Gasteiger partial charge in [-0.05, 0) is 6.92 Å². The third kappa shape index (κ3) is 0.998. The lowest BCUT2D eigenvalue weighted by molar-refractivity contribution is -0.400. The van der Waals surface area contributed by atoms with E-state index in [1.807, 2.05) is 0 Å². The smallest absolute Gasteiger partial charge is 0.326 e. The normalized spacial score (nSPS) is 45.3. The molecule has 1 aliphatic rings. The van der Waals surface area contributed by atoms with Gasteiger partial charge in [0, 0.05) is 0 Å². The van der Waals surface area contributed by atoms with Gasteiger partial charge in [-0.15, -0.1) is 0 Å². The Morgan fingerprint density at radius 1 is 1.27 bits per heavy atom. The standard InChI is InChI=1S/C5H5F5O/c1-4(5(8,9)10)2(6)3(7)11-4/h2-3H,1H3/t2-,3+,4+/m0/s1. The number of ether oxygens (including phenoxy) is 1. The van der Waals surface area contributed by atoms with Crippen LogP contribution in [0.1, 0.15) is 6.92 Å². The molecule has 1 saturated heterocycles. The highest BCUT2D eigenvalue weighted by atomic mass is 19.4. The summed E-state index contributed by atoms with van der Waals surface area (Å²) in [6.45, 7) is 0.480. The number of rotatable bonds is 0. The summed E-state index contributed by atoms with van der Waals surface area (Å²) in [7, 11) is 0. The SMILES string of the molecule is C[C@@]1(C(F)(F)F)O[C@@H](F)[C@@H]1F. The summed E-state index contributed by atoms with van der Waals surface area (Å²) >= 11 is 0. The molecule has 66 valence electrons. The average Bonchev–Trinajstić information content (AvgIpc) is 1.85. The van der Waals surface area contributed by atoms with Crippen LogP contribution in [0.2, 0.25) is 0 Å². The van der Waals surface area contributed by atoms with Gasteiger partial charge in [0.1, 0.15) is 0 Å². The van der Waals surface area contributed by atoms with E-state index in [4.69, 9.17) is 0 Å². The molecule has 0 aromatic heterocycles. The Hall–Kier alpha value is -0.390. The van der Waals surface area contributed by atoms with Gasteiger partial charge in [-0.2, -0.15) is 13.2 Å². The van der Waals surface area contributed by atoms with Crippen LogP contribution < -0.4 is 0 Å². The first-order valence-corrected chi connectivity index (χ1v) is 2.82. The van der Waals surface area contributed by atoms with E-state index in [2.05, 4.69) is 4.74 Å². The molecule has 0 bridgehead atoms. The van der Waals surface area contributed by atoms with Crippen LogP contribution in [0.3, 0.4) is 0 Å². The second-order valence-corrected chi connectivity index (χ2v) is 2.48. The van der Waals surface area contributed by atoms with Crippen molar-refractivity contribution in [2.75, 3.05) is 0 Å². The molecule has 0 spiro atoms. The number of alkyl halides is 5. The van der Waals surface area contributed by atoms with E-state index in [9.17, 15) is 22.0 Å². The summed E-state index contributed by atoms with van der Waals surface area (Å²) in [6.07, 6.45) is -9.90. The molecular weight excluding hydrogens is 171 g/mol. The Labute approximate surface area is 59.1 Å². The van der Waals surface area contributed by atoms with Crippen molar-refractivity contribution in [1.29, 1.82) is 0 Å². The molecule has 0 N–H and O–H groups in total. The lowest BCUT2D eigenvalue weighted by atomic mass is 9.93. The lowest BCUT2D eigenvalue weighted by Crippen LogP contribution is -2.66. The van der Waals surface area contributed by atoms with Crippen LogP contribution in [-0.2, 0) is 4.74 Å². The zero-order valence-electron chi connectivity index (χ0n) is 5.45. The molecule has 0 aromatic carbocycles. The van der Waals surface area contributed by atoms with Gasteiger partial charge in [0.15, 0.2) is 6.17 Å². The van der Waals surface area contributed by atoms with Crippen molar-refractivity contribution in [3.63, 3.8) is 0 Å². The summed E-state index contributed by atoms with van der Waals surface area (Å²) in [4.78, 5) is 0. The summed E-state index contributed by atoms with van der Waals surface area (Å²) in [5.74, 6) is 0. The van der Waals surface area contributed by atoms with E-state index in [1.165, 1.54) is 0 Å². The van der Waals surface area contributed by atoms with Crippen LogP contribution >= 0.6 is 0 Å². The Morgan fingerprint density at radius 2 is 1.73 bits per heavy atom. The minimum Gasteiger partial charge on any atom is -0.326 e. The van der Waals surface area contributed by atoms with Crippen LogP contribution in [0.4, 0.5) is 22.0 Å². The topological polar surface area (TPSA) is 9.23 Å². The van der Waals surface area contributed by atoms with Crippen LogP contribution in [0.5, 0.6) is 0 Å². The van der Waals surface area contributed by atoms with E-state index in [-0.39, 0.29) is 0 Å². The number of hydrogen-bond donors (Lipinski definition) is 0. The first-order chi connectivity index (χ1) is 4.79. The molecule has 1 nitrogen and oxygen atoms in total. The molecule has 1 rings (SSSR count). The second kappa shape index (κ2) is 2.06. The van der Waals surface area contributed by atoms with Crippen LogP contribution in [-0.4, -0.2) is 24.3 Å². The molecule has 0 unspecified atom stereocenters. The molecule has 1 fully saturated rings. The summed E-state index contributed by atoms with van der Waals surface area (Å²) in [5.41, 5.74) is -2.95. The minimum atomic E-state index is -4.85. The molecule has 1 heterocycles. The van der Waals surface area contributed by atoms with E-state index >= 15 is 0 Å². The van der Waals surface area contributed by atoms with E-state index in [0.29, 0.717) is 6.92 Å². The zero-order valence-corrected chi connectivity index (χ0v) is 5.45. The van der Waals surface area contributed by atoms with Crippen molar-refractivity contribution < 1.29 is 26.7 Å². The average molecular weight is 176 g/mol. The highest BCUT2D eigenvalue weighted by Gasteiger charge is 2.69. The second-order valence-electron chi connectivity index (χ2n) is 2.48. The Bertz CT molecular complexity index is 167. The highest BCUT2D eigenvalue weighted by Crippen LogP contribution is 2.47. The quantitative estimate of drug-likeness (QED) is 0.512. The molecule has 0 saturated carbocycles. The maximum Gasteiger partial charge on any atom is 0.420 e. The van der Waals surface area contributed by atoms with E-state index < -0.39 is 24.3 Å². The van der Waals surface area contributed by atoms with Gasteiger partial charge in [0.05, 0.1) is 0 Å². The number of hydrogen-bond acceptors (Lipinski definition) is 1. The third-order valence-corrected chi connectivity index (χ3v) is 1.68. The fourth-order valence-corrected chi connectivity index (χ4v) is 0.760. The van der Waals surface area contributed by atoms with Gasteiger partial charge in [-0.1, -0.05) is 0 Å². The zero-order chi connectivity index (χ0) is 8.86. The van der Waals surface area contributed by atoms with Gasteiger partial charge < -0.3 is 4.74 Å². The van der Waals surface area contributed by atoms with Crippen LogP contribution in [0.25, 0.3) is 0 Å². The monoisotopic (exact) mass is 176 g/mol. The lowest BCUT2D eigenvalue weighted by Gasteiger charge is -2.45. The van der Waals surface area contributed by atoms with Crippen molar-refractivity contribution in [3.05, 3.63) is 0 Å². The van der Waals surface area contributed by atoms with Gasteiger partial charge in [0.2, 0.25) is 12.0 Å². The molecule has 0 aromatic rings. The molecular formula is C5H5F5O. The molecule has 11 heavy (non-hydrogen) atoms. The molecule has 3 atom stereocenters. The van der Waals surface area contributed by atoms with E-state index in [0.717, 1.165) is 0 Å². The minimum absolute atomic E-state index is 0.480. The van der Waals surface area contributed by atoms with Crippen molar-refractivity contribution in [1.82, 2.24) is 0 Å². The molecule has 1 aliphatic heterocycles. The van der Waals surface area contributed by atoms with Crippen molar-refractivity contribution in [2.45, 2.75) is 31.2 Å². The van der Waals surface area contributed by atoms with Gasteiger partial charge in [-0.25, -0.2) is 8.78 Å². The predicted molar refractivity (Wildman–Crippen MR) is 25.3 cm³/mol. The fourth-order valence-electron chi connectivity index (χ4n) is 0.760. The first kappa shape index (κ1) is 8.70. The highest BCUT2D eigenvalue weighted by molar-refractivity contribution is 5.00. The molecule has 0 aliphatic carbocycles. The van der Waals surface area contributed by atoms with Crippen LogP contribution in [0.15, 0.2) is 0 Å². The van der Waals surface area contributed by atoms with Gasteiger partial charge in [-0.3, -0.25) is 0 Å². The Balaban J connectivity index is 2.73. The van der Waals surface area contributed by atoms with Gasteiger partial charge >= 0.3 is 6.18 Å². The maximum atomic E-state index is 12.2. The first-order valence-electron chi connectivity index (χ1n) is 2.82. The third-order valence-electron chi connectivity index (χ3n) is 1.68. The Kier molecular flexibility index (Phi) is 1.63. The molecule has 6 heteroatoms. The predicted octanol–water partition coefficient (Wildman–Crippen LogP) is 1.97. The summed E-state index contributed by atoms with van der Waals surface area (Å²) in [5, 5.41) is 0.